The molecule has 0 aromatic heterocycles. The molecule has 0 saturated heterocycles. The molecule has 116 valence electrons. The molecule has 0 heterocycles. The summed E-state index contributed by atoms with van der Waals surface area (Å²) in [6, 6.07) is 17.8. The molecular formula is C19H16ClNO2. The van der Waals surface area contributed by atoms with E-state index < -0.39 is 12.0 Å². The third kappa shape index (κ3) is 2.21. The van der Waals surface area contributed by atoms with Crippen molar-refractivity contribution in [2.75, 3.05) is 7.11 Å². The number of carbonyl (C=O) groups excluding carboxylic acids is 1. The quantitative estimate of drug-likeness (QED) is 0.444. The van der Waals surface area contributed by atoms with Gasteiger partial charge < -0.3 is 10.5 Å². The largest absolute Gasteiger partial charge is 0.468 e. The zero-order valence-electron chi connectivity index (χ0n) is 12.6. The molecule has 4 aromatic rings. The van der Waals surface area contributed by atoms with E-state index in [1.165, 1.54) is 23.3 Å². The maximum atomic E-state index is 11.8. The van der Waals surface area contributed by atoms with E-state index in [0.717, 1.165) is 21.7 Å². The summed E-state index contributed by atoms with van der Waals surface area (Å²) in [5.74, 6) is -0.421. The second-order valence-corrected chi connectivity index (χ2v) is 5.51. The number of hydrogen-bond acceptors (Lipinski definition) is 3. The van der Waals surface area contributed by atoms with Crippen LogP contribution in [0.1, 0.15) is 11.6 Å². The zero-order valence-corrected chi connectivity index (χ0v) is 13.4. The number of ether oxygens (including phenoxy) is 1. The monoisotopic (exact) mass is 325 g/mol. The highest BCUT2D eigenvalue weighted by molar-refractivity contribution is 6.23. The van der Waals surface area contributed by atoms with Gasteiger partial charge in [-0.05, 0) is 37.9 Å². The SMILES string of the molecule is COC(=O)[C@@H](N)c1ccc2ccc3cccc4ccc1c2c34.Cl. The molecule has 0 radical (unpaired) electrons. The van der Waals surface area contributed by atoms with Crippen LogP contribution >= 0.6 is 12.4 Å². The van der Waals surface area contributed by atoms with Crippen molar-refractivity contribution in [3.8, 4) is 0 Å². The Balaban J connectivity index is 0.00000156. The molecule has 0 fully saturated rings. The van der Waals surface area contributed by atoms with Crippen molar-refractivity contribution >= 4 is 50.7 Å². The van der Waals surface area contributed by atoms with Crippen LogP contribution in [-0.2, 0) is 9.53 Å². The summed E-state index contributed by atoms with van der Waals surface area (Å²) in [5, 5.41) is 6.93. The van der Waals surface area contributed by atoms with Crippen LogP contribution in [0.25, 0.3) is 32.3 Å². The lowest BCUT2D eigenvalue weighted by Gasteiger charge is -2.16. The summed E-state index contributed by atoms with van der Waals surface area (Å²) in [4.78, 5) is 11.8. The molecule has 0 amide bonds. The standard InChI is InChI=1S/C19H15NO2.ClH/c1-22-19(21)18(20)15-10-8-13-6-5-11-3-2-4-12-7-9-14(15)17(13)16(11)12;/h2-10,18H,20H2,1H3;1H/t18-;/m0./s1. The predicted octanol–water partition coefficient (Wildman–Crippen LogP) is 4.18. The molecule has 23 heavy (non-hydrogen) atoms. The number of nitrogens with two attached hydrogens (primary N) is 1. The first kappa shape index (κ1) is 15.5. The van der Waals surface area contributed by atoms with E-state index in [-0.39, 0.29) is 12.4 Å². The van der Waals surface area contributed by atoms with Crippen molar-refractivity contribution in [1.29, 1.82) is 0 Å². The number of carbonyl (C=O) groups is 1. The lowest BCUT2D eigenvalue weighted by atomic mass is 9.90. The summed E-state index contributed by atoms with van der Waals surface area (Å²) in [7, 11) is 1.36. The normalized spacial score (nSPS) is 12.4. The molecule has 4 aromatic carbocycles. The molecule has 0 unspecified atom stereocenters. The van der Waals surface area contributed by atoms with Crippen molar-refractivity contribution in [3.63, 3.8) is 0 Å². The summed E-state index contributed by atoms with van der Waals surface area (Å²) in [6.45, 7) is 0. The Kier molecular flexibility index (Phi) is 3.84. The fraction of sp³-hybridized carbons (Fsp3) is 0.105. The Bertz CT molecular complexity index is 996. The van der Waals surface area contributed by atoms with E-state index in [9.17, 15) is 4.79 Å². The second-order valence-electron chi connectivity index (χ2n) is 5.51. The van der Waals surface area contributed by atoms with E-state index in [4.69, 9.17) is 10.5 Å². The molecule has 0 aliphatic carbocycles. The summed E-state index contributed by atoms with van der Waals surface area (Å²) in [6.07, 6.45) is 0. The average Bonchev–Trinajstić information content (AvgIpc) is 2.58. The Morgan fingerprint density at radius 2 is 1.48 bits per heavy atom. The van der Waals surface area contributed by atoms with Gasteiger partial charge in [0.05, 0.1) is 7.11 Å². The highest BCUT2D eigenvalue weighted by Crippen LogP contribution is 2.37. The minimum Gasteiger partial charge on any atom is -0.468 e. The van der Waals surface area contributed by atoms with Crippen LogP contribution < -0.4 is 5.73 Å². The number of methoxy groups -OCH3 is 1. The van der Waals surface area contributed by atoms with Crippen molar-refractivity contribution in [1.82, 2.24) is 0 Å². The fourth-order valence-electron chi connectivity index (χ4n) is 3.28. The van der Waals surface area contributed by atoms with Crippen LogP contribution in [0.4, 0.5) is 0 Å². The summed E-state index contributed by atoms with van der Waals surface area (Å²) >= 11 is 0. The molecular weight excluding hydrogens is 310 g/mol. The van der Waals surface area contributed by atoms with Crippen LogP contribution in [-0.4, -0.2) is 13.1 Å². The molecule has 1 atom stereocenters. The third-order valence-corrected chi connectivity index (χ3v) is 4.35. The Morgan fingerprint density at radius 1 is 0.913 bits per heavy atom. The maximum Gasteiger partial charge on any atom is 0.327 e. The number of benzene rings is 4. The average molecular weight is 326 g/mol. The molecule has 0 bridgehead atoms. The molecule has 4 heteroatoms. The Morgan fingerprint density at radius 3 is 2.13 bits per heavy atom. The van der Waals surface area contributed by atoms with Gasteiger partial charge in [0.15, 0.2) is 0 Å². The van der Waals surface area contributed by atoms with Gasteiger partial charge in [-0.1, -0.05) is 54.6 Å². The van der Waals surface area contributed by atoms with Gasteiger partial charge in [-0.3, -0.25) is 4.79 Å². The highest BCUT2D eigenvalue weighted by atomic mass is 35.5. The maximum absolute atomic E-state index is 11.8. The number of halogens is 1. The fourth-order valence-corrected chi connectivity index (χ4v) is 3.28. The van der Waals surface area contributed by atoms with Gasteiger partial charge in [-0.2, -0.15) is 0 Å². The van der Waals surface area contributed by atoms with E-state index in [2.05, 4.69) is 36.4 Å². The first-order valence-electron chi connectivity index (χ1n) is 7.20. The minimum absolute atomic E-state index is 0. The summed E-state index contributed by atoms with van der Waals surface area (Å²) in [5.41, 5.74) is 6.88. The molecule has 0 aliphatic heterocycles. The molecule has 0 spiro atoms. The Hall–Kier alpha value is -2.36. The molecule has 0 aliphatic rings. The van der Waals surface area contributed by atoms with Crippen LogP contribution in [0.5, 0.6) is 0 Å². The van der Waals surface area contributed by atoms with Crippen LogP contribution in [0, 0.1) is 0 Å². The van der Waals surface area contributed by atoms with Crippen molar-refractivity contribution in [2.45, 2.75) is 6.04 Å². The van der Waals surface area contributed by atoms with Crippen LogP contribution in [0.3, 0.4) is 0 Å². The predicted molar refractivity (Wildman–Crippen MR) is 96.3 cm³/mol. The second kappa shape index (κ2) is 5.69. The molecule has 0 saturated carbocycles. The minimum atomic E-state index is -0.769. The topological polar surface area (TPSA) is 52.3 Å². The van der Waals surface area contributed by atoms with Gasteiger partial charge in [-0.25, -0.2) is 0 Å². The lowest BCUT2D eigenvalue weighted by molar-refractivity contribution is -0.142. The number of hydrogen-bond donors (Lipinski definition) is 1. The van der Waals surface area contributed by atoms with Gasteiger partial charge in [-0.15, -0.1) is 12.4 Å². The van der Waals surface area contributed by atoms with E-state index in [0.29, 0.717) is 0 Å². The van der Waals surface area contributed by atoms with Gasteiger partial charge in [0, 0.05) is 0 Å². The smallest absolute Gasteiger partial charge is 0.327 e. The van der Waals surface area contributed by atoms with Crippen LogP contribution in [0.15, 0.2) is 54.6 Å². The van der Waals surface area contributed by atoms with Crippen LogP contribution in [0.2, 0.25) is 0 Å². The molecule has 2 N–H and O–H groups in total. The van der Waals surface area contributed by atoms with Crippen molar-refractivity contribution < 1.29 is 9.53 Å². The summed E-state index contributed by atoms with van der Waals surface area (Å²) < 4.78 is 4.79. The van der Waals surface area contributed by atoms with Gasteiger partial charge in [0.2, 0.25) is 0 Å². The van der Waals surface area contributed by atoms with E-state index in [1.807, 2.05) is 18.2 Å². The lowest BCUT2D eigenvalue weighted by Crippen LogP contribution is -2.22. The molecule has 4 rings (SSSR count). The van der Waals surface area contributed by atoms with Gasteiger partial charge in [0.25, 0.3) is 0 Å². The van der Waals surface area contributed by atoms with Crippen molar-refractivity contribution in [2.24, 2.45) is 5.73 Å². The highest BCUT2D eigenvalue weighted by Gasteiger charge is 2.20. The van der Waals surface area contributed by atoms with Gasteiger partial charge in [0.1, 0.15) is 6.04 Å². The Labute approximate surface area is 139 Å². The molecule has 3 nitrogen and oxygen atoms in total. The van der Waals surface area contributed by atoms with Gasteiger partial charge >= 0.3 is 5.97 Å². The van der Waals surface area contributed by atoms with E-state index in [1.54, 1.807) is 0 Å². The first-order valence-corrected chi connectivity index (χ1v) is 7.20. The first-order chi connectivity index (χ1) is 10.7. The number of rotatable bonds is 2. The number of esters is 1. The van der Waals surface area contributed by atoms with E-state index >= 15 is 0 Å². The zero-order chi connectivity index (χ0) is 15.3. The van der Waals surface area contributed by atoms with Crippen molar-refractivity contribution in [3.05, 3.63) is 60.2 Å². The third-order valence-electron chi connectivity index (χ3n) is 4.35.